The van der Waals surface area contributed by atoms with Crippen LogP contribution in [0.2, 0.25) is 0 Å². The lowest BCUT2D eigenvalue weighted by molar-refractivity contribution is 0.475. The number of hydrogen-bond donors (Lipinski definition) is 1. The summed E-state index contributed by atoms with van der Waals surface area (Å²) in [6.07, 6.45) is 0. The molecule has 0 unspecified atom stereocenters. The van der Waals surface area contributed by atoms with Crippen molar-refractivity contribution >= 4 is 0 Å². The molecule has 144 valence electrons. The van der Waals surface area contributed by atoms with Crippen molar-refractivity contribution in [3.05, 3.63) is 115 Å². The van der Waals surface area contributed by atoms with Crippen LogP contribution in [0.1, 0.15) is 0 Å². The van der Waals surface area contributed by atoms with E-state index in [0.717, 1.165) is 39.3 Å². The predicted molar refractivity (Wildman–Crippen MR) is 122 cm³/mol. The number of nitrogens with zero attached hydrogens (tertiary/aromatic N) is 2. The molecule has 1 N–H and O–H groups in total. The number of hydrogen-bond acceptors (Lipinski definition) is 2. The van der Waals surface area contributed by atoms with E-state index in [1.165, 1.54) is 0 Å². The molecule has 0 bridgehead atoms. The van der Waals surface area contributed by atoms with Gasteiger partial charge in [-0.05, 0) is 29.8 Å². The van der Waals surface area contributed by atoms with Crippen LogP contribution in [0.4, 0.5) is 0 Å². The molecule has 1 aromatic heterocycles. The van der Waals surface area contributed by atoms with Crippen molar-refractivity contribution in [2.24, 2.45) is 0 Å². The van der Waals surface area contributed by atoms with E-state index < -0.39 is 0 Å². The van der Waals surface area contributed by atoms with Gasteiger partial charge in [-0.15, -0.1) is 0 Å². The van der Waals surface area contributed by atoms with Crippen molar-refractivity contribution in [3.63, 3.8) is 0 Å². The first-order valence-electron chi connectivity index (χ1n) is 9.90. The summed E-state index contributed by atoms with van der Waals surface area (Å²) in [5.74, 6) is 0.247. The van der Waals surface area contributed by atoms with Crippen molar-refractivity contribution in [2.75, 3.05) is 0 Å². The Morgan fingerprint density at radius 2 is 1.07 bits per heavy atom. The van der Waals surface area contributed by atoms with Gasteiger partial charge in [-0.25, -0.2) is 4.68 Å². The second kappa shape index (κ2) is 7.72. The molecule has 0 aliphatic heterocycles. The number of phenolic OH excluding ortho intramolecular Hbond substituents is 1. The third kappa shape index (κ3) is 3.27. The molecule has 4 aromatic carbocycles. The molecule has 3 nitrogen and oxygen atoms in total. The lowest BCUT2D eigenvalue weighted by atomic mass is 9.95. The zero-order valence-corrected chi connectivity index (χ0v) is 16.3. The molecule has 0 aliphatic rings. The highest BCUT2D eigenvalue weighted by Crippen LogP contribution is 2.41. The topological polar surface area (TPSA) is 38.1 Å². The van der Waals surface area contributed by atoms with Gasteiger partial charge >= 0.3 is 0 Å². The quantitative estimate of drug-likeness (QED) is 0.378. The summed E-state index contributed by atoms with van der Waals surface area (Å²) in [5, 5.41) is 14.9. The fourth-order valence-corrected chi connectivity index (χ4v) is 3.74. The molecular weight excluding hydrogens is 368 g/mol. The van der Waals surface area contributed by atoms with Crippen LogP contribution in [-0.4, -0.2) is 14.9 Å². The first-order chi connectivity index (χ1) is 14.8. The Kier molecular flexibility index (Phi) is 4.62. The van der Waals surface area contributed by atoms with Crippen LogP contribution in [-0.2, 0) is 0 Å². The molecule has 0 spiro atoms. The normalized spacial score (nSPS) is 10.8. The third-order valence-electron chi connectivity index (χ3n) is 5.14. The SMILES string of the molecule is Oc1ccc(-c2c(-c3ccccc3)nn(-c3ccccc3)c2-c2ccccc2)cc1. The molecule has 3 heteroatoms. The molecule has 0 saturated heterocycles. The summed E-state index contributed by atoms with van der Waals surface area (Å²) in [6.45, 7) is 0. The highest BCUT2D eigenvalue weighted by atomic mass is 16.3. The highest BCUT2D eigenvalue weighted by molar-refractivity contribution is 5.92. The van der Waals surface area contributed by atoms with Crippen LogP contribution in [0.25, 0.3) is 39.3 Å². The molecule has 1 heterocycles. The maximum Gasteiger partial charge on any atom is 0.115 e. The monoisotopic (exact) mass is 388 g/mol. The smallest absolute Gasteiger partial charge is 0.115 e. The Labute approximate surface area is 175 Å². The maximum absolute atomic E-state index is 9.84. The van der Waals surface area contributed by atoms with Gasteiger partial charge in [0.05, 0.1) is 11.4 Å². The van der Waals surface area contributed by atoms with Crippen molar-refractivity contribution in [2.45, 2.75) is 0 Å². The van der Waals surface area contributed by atoms with E-state index in [-0.39, 0.29) is 5.75 Å². The minimum absolute atomic E-state index is 0.247. The van der Waals surface area contributed by atoms with Crippen LogP contribution >= 0.6 is 0 Å². The Hall–Kier alpha value is -4.11. The molecule has 0 fully saturated rings. The summed E-state index contributed by atoms with van der Waals surface area (Å²) >= 11 is 0. The first kappa shape index (κ1) is 18.0. The van der Waals surface area contributed by atoms with E-state index in [2.05, 4.69) is 36.4 Å². The summed E-state index contributed by atoms with van der Waals surface area (Å²) in [4.78, 5) is 0. The number of para-hydroxylation sites is 1. The van der Waals surface area contributed by atoms with E-state index >= 15 is 0 Å². The van der Waals surface area contributed by atoms with E-state index in [9.17, 15) is 5.11 Å². The van der Waals surface area contributed by atoms with E-state index in [4.69, 9.17) is 5.10 Å². The second-order valence-electron chi connectivity index (χ2n) is 7.10. The van der Waals surface area contributed by atoms with Gasteiger partial charge in [-0.3, -0.25) is 0 Å². The Morgan fingerprint density at radius 1 is 0.533 bits per heavy atom. The number of phenols is 1. The van der Waals surface area contributed by atoms with Crippen molar-refractivity contribution in [1.29, 1.82) is 0 Å². The molecule has 0 saturated carbocycles. The summed E-state index contributed by atoms with van der Waals surface area (Å²) in [6, 6.07) is 38.1. The average Bonchev–Trinajstić information content (AvgIpc) is 3.22. The Bertz CT molecular complexity index is 1260. The van der Waals surface area contributed by atoms with Gasteiger partial charge in [0.1, 0.15) is 11.4 Å². The van der Waals surface area contributed by atoms with Crippen LogP contribution in [0.5, 0.6) is 5.75 Å². The fraction of sp³-hybridized carbons (Fsp3) is 0. The number of benzene rings is 4. The van der Waals surface area contributed by atoms with Crippen molar-refractivity contribution < 1.29 is 5.11 Å². The molecule has 0 atom stereocenters. The van der Waals surface area contributed by atoms with E-state index in [1.807, 2.05) is 71.4 Å². The Morgan fingerprint density at radius 3 is 1.67 bits per heavy atom. The van der Waals surface area contributed by atoms with Gasteiger partial charge in [0, 0.05) is 16.7 Å². The van der Waals surface area contributed by atoms with Crippen molar-refractivity contribution in [1.82, 2.24) is 9.78 Å². The zero-order chi connectivity index (χ0) is 20.3. The summed E-state index contributed by atoms with van der Waals surface area (Å²) in [5.41, 5.74) is 7.10. The van der Waals surface area contributed by atoms with Gasteiger partial charge in [0.15, 0.2) is 0 Å². The first-order valence-corrected chi connectivity index (χ1v) is 9.90. The van der Waals surface area contributed by atoms with Crippen LogP contribution < -0.4 is 0 Å². The number of aromatic hydroxyl groups is 1. The van der Waals surface area contributed by atoms with Gasteiger partial charge in [0.25, 0.3) is 0 Å². The molecule has 0 aliphatic carbocycles. The standard InChI is InChI=1S/C27H20N2O/c30-24-18-16-20(17-19-24)25-26(21-10-4-1-5-11-21)28-29(23-14-8-3-9-15-23)27(25)22-12-6-2-7-13-22/h1-19,30H. The maximum atomic E-state index is 9.84. The van der Waals surface area contributed by atoms with Gasteiger partial charge in [0.2, 0.25) is 0 Å². The average molecular weight is 388 g/mol. The van der Waals surface area contributed by atoms with Crippen LogP contribution in [0.3, 0.4) is 0 Å². The van der Waals surface area contributed by atoms with E-state index in [0.29, 0.717) is 0 Å². The zero-order valence-electron chi connectivity index (χ0n) is 16.3. The molecule has 0 radical (unpaired) electrons. The minimum atomic E-state index is 0.247. The van der Waals surface area contributed by atoms with Crippen molar-refractivity contribution in [3.8, 4) is 45.1 Å². The van der Waals surface area contributed by atoms with Crippen LogP contribution in [0, 0.1) is 0 Å². The predicted octanol–water partition coefficient (Wildman–Crippen LogP) is 6.58. The number of rotatable bonds is 4. The summed E-state index contributed by atoms with van der Waals surface area (Å²) < 4.78 is 2.01. The molecule has 5 rings (SSSR count). The highest BCUT2D eigenvalue weighted by Gasteiger charge is 2.22. The fourth-order valence-electron chi connectivity index (χ4n) is 3.74. The van der Waals surface area contributed by atoms with Gasteiger partial charge in [-0.2, -0.15) is 5.10 Å². The third-order valence-corrected chi connectivity index (χ3v) is 5.14. The number of aromatic nitrogens is 2. The molecule has 5 aromatic rings. The largest absolute Gasteiger partial charge is 0.508 e. The van der Waals surface area contributed by atoms with Crippen LogP contribution in [0.15, 0.2) is 115 Å². The van der Waals surface area contributed by atoms with Gasteiger partial charge in [-0.1, -0.05) is 91.0 Å². The molecule has 30 heavy (non-hydrogen) atoms. The Balaban J connectivity index is 1.88. The minimum Gasteiger partial charge on any atom is -0.508 e. The summed E-state index contributed by atoms with van der Waals surface area (Å²) in [7, 11) is 0. The lowest BCUT2D eigenvalue weighted by Crippen LogP contribution is -1.99. The molecular formula is C27H20N2O. The molecule has 0 amide bonds. The lowest BCUT2D eigenvalue weighted by Gasteiger charge is -2.11. The van der Waals surface area contributed by atoms with E-state index in [1.54, 1.807) is 12.1 Å². The van der Waals surface area contributed by atoms with Gasteiger partial charge < -0.3 is 5.11 Å². The second-order valence-corrected chi connectivity index (χ2v) is 7.10.